The Labute approximate surface area is 135 Å². The Hall–Kier alpha value is -2.63. The van der Waals surface area contributed by atoms with Gasteiger partial charge in [0.1, 0.15) is 0 Å². The van der Waals surface area contributed by atoms with Crippen molar-refractivity contribution in [3.8, 4) is 0 Å². The molecule has 0 spiro atoms. The molecule has 0 bridgehead atoms. The zero-order valence-corrected chi connectivity index (χ0v) is 13.1. The third-order valence-corrected chi connectivity index (χ3v) is 3.58. The van der Waals surface area contributed by atoms with E-state index in [1.165, 1.54) is 0 Å². The molecule has 0 radical (unpaired) electrons. The number of carbonyl (C=O) groups excluding carboxylic acids is 1. The second-order valence-corrected chi connectivity index (χ2v) is 5.49. The van der Waals surface area contributed by atoms with E-state index < -0.39 is 5.97 Å². The fourth-order valence-electron chi connectivity index (χ4n) is 2.40. The zero-order chi connectivity index (χ0) is 16.7. The first-order valence-electron chi connectivity index (χ1n) is 7.58. The number of aromatic nitrogens is 2. The minimum Gasteiger partial charge on any atom is -0.481 e. The van der Waals surface area contributed by atoms with Crippen LogP contribution in [0.15, 0.2) is 42.7 Å². The molecule has 0 saturated carbocycles. The van der Waals surface area contributed by atoms with Crippen LogP contribution in [-0.2, 0) is 23.1 Å². The highest BCUT2D eigenvalue weighted by atomic mass is 16.4. The van der Waals surface area contributed by atoms with Crippen LogP contribution < -0.4 is 5.32 Å². The number of carbonyl (C=O) groups is 2. The average molecular weight is 315 g/mol. The topological polar surface area (TPSA) is 84.2 Å². The molecular formula is C17H21N3O3. The quantitative estimate of drug-likeness (QED) is 0.781. The average Bonchev–Trinajstić information content (AvgIpc) is 2.95. The minimum absolute atomic E-state index is 0.0163. The molecule has 6 nitrogen and oxygen atoms in total. The first-order valence-corrected chi connectivity index (χ1v) is 7.58. The summed E-state index contributed by atoms with van der Waals surface area (Å²) < 4.78 is 1.70. The molecule has 0 aliphatic carbocycles. The molecule has 2 N–H and O–H groups in total. The summed E-state index contributed by atoms with van der Waals surface area (Å²) in [5.74, 6) is -0.955. The predicted molar refractivity (Wildman–Crippen MR) is 85.7 cm³/mol. The maximum absolute atomic E-state index is 12.2. The number of nitrogens with zero attached hydrogens (tertiary/aromatic N) is 2. The summed E-state index contributed by atoms with van der Waals surface area (Å²) >= 11 is 0. The van der Waals surface area contributed by atoms with Gasteiger partial charge < -0.3 is 10.4 Å². The largest absolute Gasteiger partial charge is 0.481 e. The Morgan fingerprint density at radius 2 is 2.00 bits per heavy atom. The van der Waals surface area contributed by atoms with E-state index in [0.717, 1.165) is 11.1 Å². The molecule has 1 aromatic heterocycles. The maximum Gasteiger partial charge on any atom is 0.303 e. The normalized spacial score (nSPS) is 11.9. The minimum atomic E-state index is -0.865. The molecule has 0 saturated heterocycles. The monoisotopic (exact) mass is 315 g/mol. The third kappa shape index (κ3) is 5.58. The van der Waals surface area contributed by atoms with Gasteiger partial charge in [-0.3, -0.25) is 14.3 Å². The van der Waals surface area contributed by atoms with Crippen molar-refractivity contribution in [3.63, 3.8) is 0 Å². The van der Waals surface area contributed by atoms with Gasteiger partial charge in [-0.2, -0.15) is 5.10 Å². The van der Waals surface area contributed by atoms with Gasteiger partial charge in [-0.15, -0.1) is 0 Å². The Morgan fingerprint density at radius 1 is 1.26 bits per heavy atom. The summed E-state index contributed by atoms with van der Waals surface area (Å²) in [6.07, 6.45) is 4.97. The number of aryl methyl sites for hydroxylation is 2. The number of benzene rings is 1. The number of aliphatic carboxylic acids is 1. The van der Waals surface area contributed by atoms with E-state index in [-0.39, 0.29) is 18.4 Å². The summed E-state index contributed by atoms with van der Waals surface area (Å²) in [5, 5.41) is 15.9. The van der Waals surface area contributed by atoms with Crippen molar-refractivity contribution in [2.45, 2.75) is 31.7 Å². The van der Waals surface area contributed by atoms with E-state index in [2.05, 4.69) is 10.4 Å². The number of nitrogens with one attached hydrogen (secondary N) is 1. The van der Waals surface area contributed by atoms with Crippen molar-refractivity contribution in [2.75, 3.05) is 0 Å². The second-order valence-electron chi connectivity index (χ2n) is 5.49. The molecule has 1 unspecified atom stereocenters. The van der Waals surface area contributed by atoms with E-state index in [9.17, 15) is 9.59 Å². The first kappa shape index (κ1) is 16.7. The summed E-state index contributed by atoms with van der Waals surface area (Å²) in [5.41, 5.74) is 1.92. The van der Waals surface area contributed by atoms with Crippen LogP contribution in [0.1, 0.15) is 36.4 Å². The highest BCUT2D eigenvalue weighted by Gasteiger charge is 2.16. The molecule has 1 heterocycles. The van der Waals surface area contributed by atoms with E-state index in [1.807, 2.05) is 43.6 Å². The van der Waals surface area contributed by atoms with Crippen LogP contribution in [0.25, 0.3) is 0 Å². The van der Waals surface area contributed by atoms with Crippen LogP contribution in [0.4, 0.5) is 0 Å². The molecule has 122 valence electrons. The Kier molecular flexibility index (Phi) is 5.91. The highest BCUT2D eigenvalue weighted by Crippen LogP contribution is 2.18. The van der Waals surface area contributed by atoms with Gasteiger partial charge in [-0.05, 0) is 24.0 Å². The molecule has 1 atom stereocenters. The fourth-order valence-corrected chi connectivity index (χ4v) is 2.40. The first-order chi connectivity index (χ1) is 11.0. The highest BCUT2D eigenvalue weighted by molar-refractivity contribution is 5.76. The number of hydrogen-bond donors (Lipinski definition) is 2. The van der Waals surface area contributed by atoms with Crippen LogP contribution in [0.2, 0.25) is 0 Å². The lowest BCUT2D eigenvalue weighted by molar-refractivity contribution is -0.137. The third-order valence-electron chi connectivity index (χ3n) is 3.58. The van der Waals surface area contributed by atoms with Gasteiger partial charge in [-0.1, -0.05) is 30.3 Å². The summed E-state index contributed by atoms with van der Waals surface area (Å²) in [4.78, 5) is 23.0. The van der Waals surface area contributed by atoms with Gasteiger partial charge in [0, 0.05) is 26.1 Å². The summed E-state index contributed by atoms with van der Waals surface area (Å²) in [7, 11) is 1.83. The van der Waals surface area contributed by atoms with Crippen molar-refractivity contribution >= 4 is 11.9 Å². The van der Waals surface area contributed by atoms with Crippen molar-refractivity contribution in [1.82, 2.24) is 15.1 Å². The van der Waals surface area contributed by atoms with E-state index in [4.69, 9.17) is 5.11 Å². The van der Waals surface area contributed by atoms with E-state index >= 15 is 0 Å². The van der Waals surface area contributed by atoms with E-state index in [1.54, 1.807) is 10.9 Å². The zero-order valence-electron chi connectivity index (χ0n) is 13.1. The van der Waals surface area contributed by atoms with Crippen molar-refractivity contribution in [3.05, 3.63) is 53.9 Å². The molecular weight excluding hydrogens is 294 g/mol. The molecule has 6 heteroatoms. The lowest BCUT2D eigenvalue weighted by atomic mass is 10.0. The van der Waals surface area contributed by atoms with Gasteiger partial charge in [-0.25, -0.2) is 0 Å². The fraction of sp³-hybridized carbons (Fsp3) is 0.353. The summed E-state index contributed by atoms with van der Waals surface area (Å²) in [6.45, 7) is 0. The number of amides is 1. The van der Waals surface area contributed by atoms with Crippen LogP contribution in [0.5, 0.6) is 0 Å². The molecule has 0 aliphatic rings. The van der Waals surface area contributed by atoms with Crippen molar-refractivity contribution in [1.29, 1.82) is 0 Å². The second kappa shape index (κ2) is 8.12. The number of carboxylic acid groups (broad SMARTS) is 1. The van der Waals surface area contributed by atoms with Crippen molar-refractivity contribution < 1.29 is 14.7 Å². The Bertz CT molecular complexity index is 652. The van der Waals surface area contributed by atoms with E-state index in [0.29, 0.717) is 19.3 Å². The number of carboxylic acids is 1. The lowest BCUT2D eigenvalue weighted by Gasteiger charge is -2.18. The molecule has 1 amide bonds. The van der Waals surface area contributed by atoms with Crippen LogP contribution >= 0.6 is 0 Å². The van der Waals surface area contributed by atoms with Gasteiger partial charge >= 0.3 is 5.97 Å². The number of hydrogen-bond acceptors (Lipinski definition) is 3. The maximum atomic E-state index is 12.2. The Morgan fingerprint density at radius 3 is 2.61 bits per heavy atom. The van der Waals surface area contributed by atoms with Crippen molar-refractivity contribution in [2.24, 2.45) is 7.05 Å². The predicted octanol–water partition coefficient (Wildman–Crippen LogP) is 2.08. The van der Waals surface area contributed by atoms with Gasteiger partial charge in [0.2, 0.25) is 5.91 Å². The standard InChI is InChI=1S/C17H21N3O3/c1-20-12-13(11-18-20)7-9-16(21)19-15(8-10-17(22)23)14-5-3-2-4-6-14/h2-6,11-12,15H,7-10H2,1H3,(H,19,21)(H,22,23). The molecule has 2 aromatic rings. The summed E-state index contributed by atoms with van der Waals surface area (Å²) in [6, 6.07) is 9.16. The lowest BCUT2D eigenvalue weighted by Crippen LogP contribution is -2.29. The van der Waals surface area contributed by atoms with Gasteiger partial charge in [0.15, 0.2) is 0 Å². The molecule has 2 rings (SSSR count). The molecule has 0 fully saturated rings. The van der Waals surface area contributed by atoms with Crippen LogP contribution in [-0.4, -0.2) is 26.8 Å². The Balaban J connectivity index is 1.93. The number of rotatable bonds is 8. The van der Waals surface area contributed by atoms with Crippen LogP contribution in [0.3, 0.4) is 0 Å². The van der Waals surface area contributed by atoms with Gasteiger partial charge in [0.05, 0.1) is 12.2 Å². The van der Waals surface area contributed by atoms with Crippen LogP contribution in [0, 0.1) is 0 Å². The molecule has 23 heavy (non-hydrogen) atoms. The molecule has 1 aromatic carbocycles. The smallest absolute Gasteiger partial charge is 0.303 e. The molecule has 0 aliphatic heterocycles. The SMILES string of the molecule is Cn1cc(CCC(=O)NC(CCC(=O)O)c2ccccc2)cn1. The van der Waals surface area contributed by atoms with Gasteiger partial charge in [0.25, 0.3) is 0 Å².